The maximum atomic E-state index is 15.1. The van der Waals surface area contributed by atoms with E-state index in [1.165, 1.54) is 18.5 Å². The first-order valence-electron chi connectivity index (χ1n) is 13.4. The van der Waals surface area contributed by atoms with Crippen molar-refractivity contribution < 1.29 is 13.9 Å². The molecule has 0 spiro atoms. The maximum absolute atomic E-state index is 15.1. The van der Waals surface area contributed by atoms with Gasteiger partial charge in [-0.2, -0.15) is 10.2 Å². The molecule has 0 aliphatic rings. The second-order valence-electron chi connectivity index (χ2n) is 10.9. The van der Waals surface area contributed by atoms with Gasteiger partial charge in [0.15, 0.2) is 0 Å². The number of nitrogens with one attached hydrogen (secondary N) is 2. The first-order chi connectivity index (χ1) is 20.6. The summed E-state index contributed by atoms with van der Waals surface area (Å²) in [7, 11) is 1.82. The summed E-state index contributed by atoms with van der Waals surface area (Å²) in [5, 5.41) is 15.2. The quantitative estimate of drug-likeness (QED) is 0.228. The zero-order valence-electron chi connectivity index (χ0n) is 23.9. The Morgan fingerprint density at radius 3 is 2.49 bits per heavy atom. The Kier molecular flexibility index (Phi) is 7.02. The highest BCUT2D eigenvalue weighted by Gasteiger charge is 2.21. The summed E-state index contributed by atoms with van der Waals surface area (Å²) < 4.78 is 24.4. The highest BCUT2D eigenvalue weighted by Crippen LogP contribution is 2.32. The van der Waals surface area contributed by atoms with E-state index in [4.69, 9.17) is 9.84 Å². The van der Waals surface area contributed by atoms with Crippen LogP contribution in [0.5, 0.6) is 11.5 Å². The molecule has 0 saturated carbocycles. The number of hydrogen-bond donors (Lipinski definition) is 2. The van der Waals surface area contributed by atoms with Crippen LogP contribution in [-0.4, -0.2) is 40.5 Å². The number of fused-ring (bicyclic) bond motifs is 1. The summed E-state index contributed by atoms with van der Waals surface area (Å²) in [6.45, 7) is 6.02. The molecule has 0 bridgehead atoms. The lowest BCUT2D eigenvalue weighted by Crippen LogP contribution is -2.22. The summed E-state index contributed by atoms with van der Waals surface area (Å²) in [6, 6.07) is 12.7. The summed E-state index contributed by atoms with van der Waals surface area (Å²) >= 11 is 0. The van der Waals surface area contributed by atoms with E-state index in [1.807, 2.05) is 52.2 Å². The van der Waals surface area contributed by atoms with Gasteiger partial charge < -0.3 is 15.4 Å². The molecule has 0 atom stereocenters. The van der Waals surface area contributed by atoms with E-state index in [0.717, 1.165) is 22.0 Å². The normalized spacial score (nSPS) is 11.5. The molecule has 2 N–H and O–H groups in total. The van der Waals surface area contributed by atoms with E-state index in [9.17, 15) is 4.79 Å². The monoisotopic (exact) mass is 577 g/mol. The Bertz CT molecular complexity index is 1960. The van der Waals surface area contributed by atoms with Gasteiger partial charge in [-0.25, -0.2) is 19.2 Å². The molecule has 4 aromatic heterocycles. The highest BCUT2D eigenvalue weighted by molar-refractivity contribution is 6.02. The standard InChI is InChI=1S/C31H28FN9O2/c1-31(2,3)41-17-28(29(39-41)19-5-7-25-20(11-19)14-33-18-35-25)38-30(42)37-26-8-6-22(12-24(26)32)43-23-9-10-34-27(13-23)21-15-36-40(4)16-21/h5-18H,1-4H3,(H2,37,38,42). The van der Waals surface area contributed by atoms with Gasteiger partial charge >= 0.3 is 6.03 Å². The van der Waals surface area contributed by atoms with Crippen molar-refractivity contribution in [3.63, 3.8) is 0 Å². The Morgan fingerprint density at radius 2 is 1.72 bits per heavy atom. The van der Waals surface area contributed by atoms with Gasteiger partial charge in [0.2, 0.25) is 0 Å². The van der Waals surface area contributed by atoms with Crippen LogP contribution in [0.2, 0.25) is 0 Å². The van der Waals surface area contributed by atoms with Crippen molar-refractivity contribution in [3.8, 4) is 34.0 Å². The molecule has 0 radical (unpaired) electrons. The third kappa shape index (κ3) is 6.03. The summed E-state index contributed by atoms with van der Waals surface area (Å²) in [5.74, 6) is 0.0884. The zero-order chi connectivity index (χ0) is 30.1. The fraction of sp³-hybridized carbons (Fsp3) is 0.161. The molecule has 12 heteroatoms. The predicted molar refractivity (Wildman–Crippen MR) is 161 cm³/mol. The number of benzene rings is 2. The molecule has 6 aromatic rings. The summed E-state index contributed by atoms with van der Waals surface area (Å²) in [5.41, 5.74) is 3.74. The molecule has 43 heavy (non-hydrogen) atoms. The predicted octanol–water partition coefficient (Wildman–Crippen LogP) is 6.62. The van der Waals surface area contributed by atoms with Crippen molar-refractivity contribution in [3.05, 3.63) is 91.7 Å². The third-order valence-electron chi connectivity index (χ3n) is 6.58. The molecule has 11 nitrogen and oxygen atoms in total. The van der Waals surface area contributed by atoms with Crippen molar-refractivity contribution in [1.29, 1.82) is 0 Å². The average molecular weight is 578 g/mol. The lowest BCUT2D eigenvalue weighted by atomic mass is 10.1. The number of anilines is 2. The van der Waals surface area contributed by atoms with E-state index in [1.54, 1.807) is 52.4 Å². The van der Waals surface area contributed by atoms with Gasteiger partial charge in [0.25, 0.3) is 0 Å². The van der Waals surface area contributed by atoms with Crippen LogP contribution < -0.4 is 15.4 Å². The van der Waals surface area contributed by atoms with Crippen LogP contribution in [0.3, 0.4) is 0 Å². The molecular weight excluding hydrogens is 549 g/mol. The lowest BCUT2D eigenvalue weighted by molar-refractivity contribution is 0.262. The molecule has 216 valence electrons. The number of rotatable bonds is 6. The molecule has 0 aliphatic heterocycles. The van der Waals surface area contributed by atoms with Gasteiger partial charge in [-0.1, -0.05) is 6.07 Å². The minimum absolute atomic E-state index is 0.0109. The fourth-order valence-corrected chi connectivity index (χ4v) is 4.41. The van der Waals surface area contributed by atoms with Crippen LogP contribution >= 0.6 is 0 Å². The number of carbonyl (C=O) groups is 1. The number of ether oxygens (including phenoxy) is 1. The molecular formula is C31H28FN9O2. The Morgan fingerprint density at radius 1 is 0.907 bits per heavy atom. The second kappa shape index (κ2) is 11.0. The van der Waals surface area contributed by atoms with Crippen LogP contribution in [0.4, 0.5) is 20.6 Å². The number of aryl methyl sites for hydroxylation is 1. The minimum atomic E-state index is -0.658. The topological polar surface area (TPSA) is 125 Å². The highest BCUT2D eigenvalue weighted by atomic mass is 19.1. The Hall–Kier alpha value is -5.65. The van der Waals surface area contributed by atoms with Crippen LogP contribution in [0, 0.1) is 5.82 Å². The first-order valence-corrected chi connectivity index (χ1v) is 13.4. The Balaban J connectivity index is 1.19. The largest absolute Gasteiger partial charge is 0.457 e. The summed E-state index contributed by atoms with van der Waals surface area (Å²) in [4.78, 5) is 25.8. The van der Waals surface area contributed by atoms with Crippen molar-refractivity contribution in [2.45, 2.75) is 26.3 Å². The molecule has 0 unspecified atom stereocenters. The van der Waals surface area contributed by atoms with E-state index in [-0.39, 0.29) is 17.0 Å². The van der Waals surface area contributed by atoms with E-state index in [2.05, 4.69) is 30.7 Å². The number of amides is 2. The van der Waals surface area contributed by atoms with Crippen molar-refractivity contribution in [2.24, 2.45) is 7.05 Å². The van der Waals surface area contributed by atoms with Crippen molar-refractivity contribution >= 4 is 28.3 Å². The molecule has 0 fully saturated rings. The number of hydrogen-bond acceptors (Lipinski definition) is 7. The molecule has 2 aromatic carbocycles. The van der Waals surface area contributed by atoms with Crippen molar-refractivity contribution in [1.82, 2.24) is 34.5 Å². The van der Waals surface area contributed by atoms with Crippen LogP contribution in [0.25, 0.3) is 33.4 Å². The fourth-order valence-electron chi connectivity index (χ4n) is 4.41. The van der Waals surface area contributed by atoms with Crippen LogP contribution in [0.15, 0.2) is 85.8 Å². The molecule has 4 heterocycles. The average Bonchev–Trinajstić information content (AvgIpc) is 3.61. The number of aromatic nitrogens is 7. The third-order valence-corrected chi connectivity index (χ3v) is 6.58. The van der Waals surface area contributed by atoms with Gasteiger partial charge in [0.05, 0.1) is 34.3 Å². The molecule has 0 saturated heterocycles. The Labute approximate surface area is 246 Å². The van der Waals surface area contributed by atoms with Gasteiger partial charge in [0.1, 0.15) is 29.3 Å². The molecule has 2 amide bonds. The van der Waals surface area contributed by atoms with Gasteiger partial charge in [-0.3, -0.25) is 14.3 Å². The molecule has 6 rings (SSSR count). The van der Waals surface area contributed by atoms with Crippen LogP contribution in [0.1, 0.15) is 20.8 Å². The van der Waals surface area contributed by atoms with Gasteiger partial charge in [-0.05, 0) is 51.1 Å². The van der Waals surface area contributed by atoms with Gasteiger partial charge in [-0.15, -0.1) is 0 Å². The summed E-state index contributed by atoms with van der Waals surface area (Å²) in [6.07, 6.45) is 10.1. The first kappa shape index (κ1) is 27.5. The number of pyridine rings is 1. The zero-order valence-corrected chi connectivity index (χ0v) is 23.9. The number of nitrogens with zero attached hydrogens (tertiary/aromatic N) is 7. The second-order valence-corrected chi connectivity index (χ2v) is 10.9. The van der Waals surface area contributed by atoms with Gasteiger partial charge in [0, 0.05) is 60.5 Å². The van der Waals surface area contributed by atoms with Crippen LogP contribution in [-0.2, 0) is 12.6 Å². The minimum Gasteiger partial charge on any atom is -0.457 e. The maximum Gasteiger partial charge on any atom is 0.323 e. The number of urea groups is 1. The van der Waals surface area contributed by atoms with E-state index < -0.39 is 11.8 Å². The van der Waals surface area contributed by atoms with E-state index in [0.29, 0.717) is 22.8 Å². The molecule has 0 aliphatic carbocycles. The smallest absolute Gasteiger partial charge is 0.323 e. The van der Waals surface area contributed by atoms with Crippen molar-refractivity contribution in [2.75, 3.05) is 10.6 Å². The number of carbonyl (C=O) groups excluding carboxylic acids is 1. The SMILES string of the molecule is Cn1cc(-c2cc(Oc3ccc(NC(=O)Nc4cn(C(C)(C)C)nc4-c4ccc5ncncc5c4)c(F)c3)ccn2)cn1. The lowest BCUT2D eigenvalue weighted by Gasteiger charge is -2.18. The van der Waals surface area contributed by atoms with E-state index >= 15 is 4.39 Å². The number of halogens is 1.